The van der Waals surface area contributed by atoms with Crippen molar-refractivity contribution in [3.63, 3.8) is 0 Å². The number of benzene rings is 2. The standard InChI is InChI=1S/C22H25N3O4/c1-29-19-11-9-18(10-12-19)24-20(26)13-23-21(27)15-25(22(28)17-7-8-17)14-16-5-3-2-4-6-16/h2-6,9-12,17H,7-8,13-15H2,1H3,(H,23,27)(H,24,26). The van der Waals surface area contributed by atoms with Gasteiger partial charge in [-0.05, 0) is 42.7 Å². The summed E-state index contributed by atoms with van der Waals surface area (Å²) in [5.74, 6) is -0.00170. The summed E-state index contributed by atoms with van der Waals surface area (Å²) in [5.41, 5.74) is 1.58. The largest absolute Gasteiger partial charge is 0.497 e. The molecule has 0 aliphatic heterocycles. The van der Waals surface area contributed by atoms with E-state index in [1.54, 1.807) is 36.3 Å². The molecule has 7 heteroatoms. The monoisotopic (exact) mass is 395 g/mol. The minimum absolute atomic E-state index is 0.00770. The molecule has 3 amide bonds. The van der Waals surface area contributed by atoms with Crippen LogP contribution in [0.3, 0.4) is 0 Å². The van der Waals surface area contributed by atoms with E-state index in [-0.39, 0.29) is 36.7 Å². The molecule has 1 aliphatic carbocycles. The van der Waals surface area contributed by atoms with Crippen molar-refractivity contribution in [2.45, 2.75) is 19.4 Å². The van der Waals surface area contributed by atoms with Crippen LogP contribution in [-0.2, 0) is 20.9 Å². The van der Waals surface area contributed by atoms with Crippen LogP contribution in [0.25, 0.3) is 0 Å². The van der Waals surface area contributed by atoms with Crippen molar-refractivity contribution in [3.8, 4) is 5.75 Å². The second-order valence-electron chi connectivity index (χ2n) is 7.01. The molecule has 0 saturated heterocycles. The summed E-state index contributed by atoms with van der Waals surface area (Å²) >= 11 is 0. The second kappa shape index (κ2) is 9.73. The van der Waals surface area contributed by atoms with E-state index in [4.69, 9.17) is 4.74 Å². The number of nitrogens with zero attached hydrogens (tertiary/aromatic N) is 1. The highest BCUT2D eigenvalue weighted by atomic mass is 16.5. The van der Waals surface area contributed by atoms with Gasteiger partial charge in [0.05, 0.1) is 20.2 Å². The molecule has 0 radical (unpaired) electrons. The fraction of sp³-hybridized carbons (Fsp3) is 0.318. The van der Waals surface area contributed by atoms with E-state index >= 15 is 0 Å². The molecule has 2 aromatic rings. The van der Waals surface area contributed by atoms with Crippen molar-refractivity contribution in [3.05, 3.63) is 60.2 Å². The third-order valence-corrected chi connectivity index (χ3v) is 4.61. The molecule has 0 heterocycles. The lowest BCUT2D eigenvalue weighted by atomic mass is 10.2. The molecular formula is C22H25N3O4. The maximum Gasteiger partial charge on any atom is 0.243 e. The van der Waals surface area contributed by atoms with Crippen molar-refractivity contribution >= 4 is 23.4 Å². The molecule has 3 rings (SSSR count). The first-order valence-electron chi connectivity index (χ1n) is 9.58. The van der Waals surface area contributed by atoms with Crippen molar-refractivity contribution in [1.29, 1.82) is 0 Å². The predicted octanol–water partition coefficient (Wildman–Crippen LogP) is 2.19. The molecule has 7 nitrogen and oxygen atoms in total. The number of nitrogens with one attached hydrogen (secondary N) is 2. The third-order valence-electron chi connectivity index (χ3n) is 4.61. The van der Waals surface area contributed by atoms with Crippen molar-refractivity contribution in [2.24, 2.45) is 5.92 Å². The van der Waals surface area contributed by atoms with Crippen LogP contribution in [0.5, 0.6) is 5.75 Å². The zero-order chi connectivity index (χ0) is 20.6. The zero-order valence-corrected chi connectivity index (χ0v) is 16.4. The van der Waals surface area contributed by atoms with E-state index in [9.17, 15) is 14.4 Å². The predicted molar refractivity (Wildman–Crippen MR) is 109 cm³/mol. The Hall–Kier alpha value is -3.35. The maximum absolute atomic E-state index is 12.5. The summed E-state index contributed by atoms with van der Waals surface area (Å²) in [6, 6.07) is 16.5. The van der Waals surface area contributed by atoms with E-state index in [1.165, 1.54) is 0 Å². The summed E-state index contributed by atoms with van der Waals surface area (Å²) in [5, 5.41) is 5.29. The van der Waals surface area contributed by atoms with E-state index < -0.39 is 0 Å². The highest BCUT2D eigenvalue weighted by Crippen LogP contribution is 2.31. The molecule has 29 heavy (non-hydrogen) atoms. The molecule has 2 aromatic carbocycles. The third kappa shape index (κ3) is 6.34. The summed E-state index contributed by atoms with van der Waals surface area (Å²) in [7, 11) is 1.57. The average Bonchev–Trinajstić information content (AvgIpc) is 3.58. The van der Waals surface area contributed by atoms with Crippen LogP contribution in [0, 0.1) is 5.92 Å². The molecular weight excluding hydrogens is 370 g/mol. The maximum atomic E-state index is 12.5. The van der Waals surface area contributed by atoms with Crippen LogP contribution in [0.4, 0.5) is 5.69 Å². The van der Waals surface area contributed by atoms with Crippen molar-refractivity contribution in [2.75, 3.05) is 25.5 Å². The lowest BCUT2D eigenvalue weighted by Crippen LogP contribution is -2.43. The molecule has 0 spiro atoms. The van der Waals surface area contributed by atoms with Gasteiger partial charge in [0.2, 0.25) is 17.7 Å². The Labute approximate surface area is 170 Å². The summed E-state index contributed by atoms with van der Waals surface area (Å²) < 4.78 is 5.07. The Balaban J connectivity index is 1.49. The number of ether oxygens (including phenoxy) is 1. The van der Waals surface area contributed by atoms with E-state index in [0.717, 1.165) is 18.4 Å². The minimum Gasteiger partial charge on any atom is -0.497 e. The lowest BCUT2D eigenvalue weighted by molar-refractivity contribution is -0.137. The molecule has 0 aromatic heterocycles. The molecule has 1 fully saturated rings. The first-order chi connectivity index (χ1) is 14.0. The van der Waals surface area contributed by atoms with Crippen LogP contribution in [0.2, 0.25) is 0 Å². The van der Waals surface area contributed by atoms with Gasteiger partial charge in [-0.3, -0.25) is 14.4 Å². The topological polar surface area (TPSA) is 87.7 Å². The number of carbonyl (C=O) groups excluding carboxylic acids is 3. The van der Waals surface area contributed by atoms with Gasteiger partial charge < -0.3 is 20.3 Å². The van der Waals surface area contributed by atoms with Gasteiger partial charge in [0.1, 0.15) is 5.75 Å². The first kappa shape index (κ1) is 20.4. The van der Waals surface area contributed by atoms with E-state index in [0.29, 0.717) is 18.0 Å². The van der Waals surface area contributed by atoms with Gasteiger partial charge >= 0.3 is 0 Å². The SMILES string of the molecule is COc1ccc(NC(=O)CNC(=O)CN(Cc2ccccc2)C(=O)C2CC2)cc1. The normalized spacial score (nSPS) is 12.7. The number of amides is 3. The summed E-state index contributed by atoms with van der Waals surface area (Å²) in [6.07, 6.45) is 1.74. The van der Waals surface area contributed by atoms with Gasteiger partial charge in [-0.15, -0.1) is 0 Å². The Morgan fingerprint density at radius 3 is 2.31 bits per heavy atom. The van der Waals surface area contributed by atoms with E-state index in [1.807, 2.05) is 30.3 Å². The molecule has 0 unspecified atom stereocenters. The minimum atomic E-state index is -0.361. The Kier molecular flexibility index (Phi) is 6.84. The van der Waals surface area contributed by atoms with Crippen LogP contribution in [-0.4, -0.2) is 42.8 Å². The zero-order valence-electron chi connectivity index (χ0n) is 16.4. The Morgan fingerprint density at radius 2 is 1.69 bits per heavy atom. The van der Waals surface area contributed by atoms with Crippen LogP contribution < -0.4 is 15.4 Å². The van der Waals surface area contributed by atoms with Crippen molar-refractivity contribution < 1.29 is 19.1 Å². The first-order valence-corrected chi connectivity index (χ1v) is 9.58. The Morgan fingerprint density at radius 1 is 1.00 bits per heavy atom. The van der Waals surface area contributed by atoms with Crippen molar-refractivity contribution in [1.82, 2.24) is 10.2 Å². The summed E-state index contributed by atoms with van der Waals surface area (Å²) in [6.45, 7) is 0.142. The van der Waals surface area contributed by atoms with E-state index in [2.05, 4.69) is 10.6 Å². The van der Waals surface area contributed by atoms with Crippen LogP contribution >= 0.6 is 0 Å². The highest BCUT2D eigenvalue weighted by Gasteiger charge is 2.34. The smallest absolute Gasteiger partial charge is 0.243 e. The molecule has 1 aliphatic rings. The highest BCUT2D eigenvalue weighted by molar-refractivity contribution is 5.95. The number of anilines is 1. The number of rotatable bonds is 9. The van der Waals surface area contributed by atoms with Gasteiger partial charge in [0, 0.05) is 18.2 Å². The molecule has 152 valence electrons. The van der Waals surface area contributed by atoms with Gasteiger partial charge in [-0.2, -0.15) is 0 Å². The molecule has 0 bridgehead atoms. The molecule has 0 atom stereocenters. The number of hydrogen-bond acceptors (Lipinski definition) is 4. The van der Waals surface area contributed by atoms with Crippen LogP contribution in [0.1, 0.15) is 18.4 Å². The quantitative estimate of drug-likeness (QED) is 0.681. The Bertz CT molecular complexity index is 848. The molecule has 2 N–H and O–H groups in total. The second-order valence-corrected chi connectivity index (χ2v) is 7.01. The average molecular weight is 395 g/mol. The number of carbonyl (C=O) groups is 3. The lowest BCUT2D eigenvalue weighted by Gasteiger charge is -2.22. The number of hydrogen-bond donors (Lipinski definition) is 2. The van der Waals surface area contributed by atoms with Gasteiger partial charge in [-0.1, -0.05) is 30.3 Å². The van der Waals surface area contributed by atoms with Gasteiger partial charge in [0.15, 0.2) is 0 Å². The fourth-order valence-electron chi connectivity index (χ4n) is 2.89. The van der Waals surface area contributed by atoms with Crippen LogP contribution in [0.15, 0.2) is 54.6 Å². The molecule has 1 saturated carbocycles. The number of methoxy groups -OCH3 is 1. The fourth-order valence-corrected chi connectivity index (χ4v) is 2.89. The van der Waals surface area contributed by atoms with Gasteiger partial charge in [0.25, 0.3) is 0 Å². The summed E-state index contributed by atoms with van der Waals surface area (Å²) in [4.78, 5) is 38.5. The van der Waals surface area contributed by atoms with Gasteiger partial charge in [-0.25, -0.2) is 0 Å².